The lowest BCUT2D eigenvalue weighted by Crippen LogP contribution is -2.55. The largest absolute Gasteiger partial charge is 0.417 e. The van der Waals surface area contributed by atoms with Crippen molar-refractivity contribution in [3.8, 4) is 0 Å². The molecule has 3 rings (SSSR count). The molecule has 0 spiro atoms. The molecule has 0 radical (unpaired) electrons. The Morgan fingerprint density at radius 3 is 2.00 bits per heavy atom. The first-order valence-corrected chi connectivity index (χ1v) is 11.2. The van der Waals surface area contributed by atoms with E-state index in [1.165, 1.54) is 6.07 Å². The monoisotopic (exact) mass is 470 g/mol. The zero-order chi connectivity index (χ0) is 24.2. The van der Waals surface area contributed by atoms with Gasteiger partial charge in [-0.25, -0.2) is 4.98 Å². The number of hydrogen-bond acceptors (Lipinski definition) is 6. The van der Waals surface area contributed by atoms with E-state index in [-0.39, 0.29) is 17.4 Å². The van der Waals surface area contributed by atoms with E-state index in [2.05, 4.69) is 20.1 Å². The van der Waals surface area contributed by atoms with Gasteiger partial charge < -0.3 is 15.1 Å². The van der Waals surface area contributed by atoms with Crippen LogP contribution in [-0.4, -0.2) is 102 Å². The van der Waals surface area contributed by atoms with Gasteiger partial charge in [0.15, 0.2) is 0 Å². The average Bonchev–Trinajstić information content (AvgIpc) is 2.73. The van der Waals surface area contributed by atoms with Gasteiger partial charge >= 0.3 is 6.18 Å². The number of amides is 2. The number of nitrogens with one attached hydrogen (secondary N) is 1. The summed E-state index contributed by atoms with van der Waals surface area (Å²) >= 11 is 0. The first kappa shape index (κ1) is 25.2. The number of rotatable bonds is 5. The normalized spacial score (nSPS) is 19.0. The van der Waals surface area contributed by atoms with Crippen LogP contribution in [0.1, 0.15) is 26.3 Å². The molecule has 11 heteroatoms. The molecule has 2 amide bonds. The van der Waals surface area contributed by atoms with Crippen molar-refractivity contribution < 1.29 is 22.8 Å². The van der Waals surface area contributed by atoms with Crippen molar-refractivity contribution in [2.75, 3.05) is 70.3 Å². The van der Waals surface area contributed by atoms with Gasteiger partial charge in [-0.2, -0.15) is 13.2 Å². The number of pyridine rings is 1. The van der Waals surface area contributed by atoms with E-state index in [1.54, 1.807) is 0 Å². The van der Waals surface area contributed by atoms with Gasteiger partial charge in [-0.05, 0) is 32.9 Å². The third kappa shape index (κ3) is 7.56. The predicted molar refractivity (Wildman–Crippen MR) is 119 cm³/mol. The molecular weight excluding hydrogens is 437 g/mol. The molecule has 0 atom stereocenters. The highest BCUT2D eigenvalue weighted by atomic mass is 19.4. The summed E-state index contributed by atoms with van der Waals surface area (Å²) in [4.78, 5) is 36.7. The van der Waals surface area contributed by atoms with Crippen LogP contribution in [0.5, 0.6) is 0 Å². The minimum atomic E-state index is -4.39. The molecule has 8 nitrogen and oxygen atoms in total. The zero-order valence-electron chi connectivity index (χ0n) is 19.5. The molecule has 0 aliphatic carbocycles. The smallest absolute Gasteiger partial charge is 0.354 e. The Kier molecular flexibility index (Phi) is 7.84. The number of anilines is 1. The van der Waals surface area contributed by atoms with Gasteiger partial charge in [0.1, 0.15) is 5.82 Å². The number of alkyl halides is 3. The van der Waals surface area contributed by atoms with E-state index in [1.807, 2.05) is 30.6 Å². The summed E-state index contributed by atoms with van der Waals surface area (Å²) in [7, 11) is 0. The molecule has 0 bridgehead atoms. The molecule has 3 heterocycles. The number of piperazine rings is 2. The molecule has 2 aliphatic heterocycles. The van der Waals surface area contributed by atoms with Crippen LogP contribution in [-0.2, 0) is 15.8 Å². The Labute approximate surface area is 192 Å². The van der Waals surface area contributed by atoms with Gasteiger partial charge in [0, 0.05) is 64.1 Å². The third-order valence-electron chi connectivity index (χ3n) is 5.74. The van der Waals surface area contributed by atoms with Crippen LogP contribution in [0.15, 0.2) is 18.3 Å². The molecule has 1 aromatic rings. The summed E-state index contributed by atoms with van der Waals surface area (Å²) in [5, 5.41) is 2.95. The van der Waals surface area contributed by atoms with Gasteiger partial charge in [0.2, 0.25) is 11.8 Å². The molecule has 1 N–H and O–H groups in total. The summed E-state index contributed by atoms with van der Waals surface area (Å²) < 4.78 is 38.1. The molecule has 184 valence electrons. The Morgan fingerprint density at radius 2 is 1.48 bits per heavy atom. The summed E-state index contributed by atoms with van der Waals surface area (Å²) in [5.41, 5.74) is -1.02. The van der Waals surface area contributed by atoms with Gasteiger partial charge in [-0.1, -0.05) is 0 Å². The SMILES string of the molecule is CC(C)(C)NC(=O)CN1CCN(C(=O)CN2CCN(c3ccc(C(F)(F)F)cn3)CC2)CC1. The number of halogens is 3. The van der Waals surface area contributed by atoms with Crippen molar-refractivity contribution in [1.29, 1.82) is 0 Å². The van der Waals surface area contributed by atoms with E-state index in [9.17, 15) is 22.8 Å². The maximum atomic E-state index is 12.7. The number of carbonyl (C=O) groups excluding carboxylic acids is 2. The van der Waals surface area contributed by atoms with E-state index >= 15 is 0 Å². The number of nitrogens with zero attached hydrogens (tertiary/aromatic N) is 5. The zero-order valence-corrected chi connectivity index (χ0v) is 19.5. The summed E-state index contributed by atoms with van der Waals surface area (Å²) in [6.45, 7) is 11.5. The van der Waals surface area contributed by atoms with Crippen molar-refractivity contribution >= 4 is 17.6 Å². The maximum Gasteiger partial charge on any atom is 0.417 e. The van der Waals surface area contributed by atoms with Crippen LogP contribution in [0.2, 0.25) is 0 Å². The van der Waals surface area contributed by atoms with E-state index in [4.69, 9.17) is 0 Å². The van der Waals surface area contributed by atoms with Crippen molar-refractivity contribution in [1.82, 2.24) is 25.0 Å². The van der Waals surface area contributed by atoms with Crippen LogP contribution in [0.25, 0.3) is 0 Å². The van der Waals surface area contributed by atoms with Gasteiger partial charge in [-0.3, -0.25) is 19.4 Å². The molecule has 2 aliphatic rings. The Bertz CT molecular complexity index is 809. The number of hydrogen-bond donors (Lipinski definition) is 1. The van der Waals surface area contributed by atoms with E-state index in [0.717, 1.165) is 12.3 Å². The molecular formula is C22H33F3N6O2. The highest BCUT2D eigenvalue weighted by Crippen LogP contribution is 2.29. The minimum Gasteiger partial charge on any atom is -0.354 e. The lowest BCUT2D eigenvalue weighted by molar-refractivity contribution is -0.138. The molecule has 0 saturated carbocycles. The maximum absolute atomic E-state index is 12.7. The molecule has 0 unspecified atom stereocenters. The van der Waals surface area contributed by atoms with Gasteiger partial charge in [0.05, 0.1) is 18.7 Å². The minimum absolute atomic E-state index is 0.0114. The highest BCUT2D eigenvalue weighted by molar-refractivity contribution is 5.79. The number of carbonyl (C=O) groups is 2. The van der Waals surface area contributed by atoms with Crippen molar-refractivity contribution in [3.05, 3.63) is 23.9 Å². The second-order valence-electron chi connectivity index (χ2n) is 9.62. The van der Waals surface area contributed by atoms with Crippen LogP contribution in [0.3, 0.4) is 0 Å². The topological polar surface area (TPSA) is 72.0 Å². The number of aromatic nitrogens is 1. The second kappa shape index (κ2) is 10.3. The summed E-state index contributed by atoms with van der Waals surface area (Å²) in [6, 6.07) is 2.44. The van der Waals surface area contributed by atoms with E-state index in [0.29, 0.717) is 71.3 Å². The predicted octanol–water partition coefficient (Wildman–Crippen LogP) is 1.28. The summed E-state index contributed by atoms with van der Waals surface area (Å²) in [5.74, 6) is 0.568. The fourth-order valence-corrected chi connectivity index (χ4v) is 3.98. The Hall–Kier alpha value is -2.40. The van der Waals surface area contributed by atoms with E-state index < -0.39 is 11.7 Å². The lowest BCUT2D eigenvalue weighted by Gasteiger charge is -2.38. The fraction of sp³-hybridized carbons (Fsp3) is 0.682. The van der Waals surface area contributed by atoms with Crippen LogP contribution in [0, 0.1) is 0 Å². The van der Waals surface area contributed by atoms with Crippen LogP contribution >= 0.6 is 0 Å². The lowest BCUT2D eigenvalue weighted by atomic mass is 10.1. The van der Waals surface area contributed by atoms with Crippen LogP contribution in [0.4, 0.5) is 19.0 Å². The molecule has 1 aromatic heterocycles. The van der Waals surface area contributed by atoms with Gasteiger partial charge in [0.25, 0.3) is 0 Å². The van der Waals surface area contributed by atoms with Crippen molar-refractivity contribution in [2.45, 2.75) is 32.5 Å². The first-order chi connectivity index (χ1) is 15.4. The Morgan fingerprint density at radius 1 is 0.909 bits per heavy atom. The summed E-state index contributed by atoms with van der Waals surface area (Å²) in [6.07, 6.45) is -3.54. The second-order valence-corrected chi connectivity index (χ2v) is 9.62. The van der Waals surface area contributed by atoms with Crippen molar-refractivity contribution in [3.63, 3.8) is 0 Å². The van der Waals surface area contributed by atoms with Gasteiger partial charge in [-0.15, -0.1) is 0 Å². The molecule has 2 saturated heterocycles. The standard InChI is InChI=1S/C22H33F3N6O2/c1-21(2,3)27-19(32)15-28-8-12-31(13-9-28)20(33)16-29-6-10-30(11-7-29)18-5-4-17(14-26-18)22(23,24)25/h4-5,14H,6-13,15-16H2,1-3H3,(H,27,32). The molecule has 0 aromatic carbocycles. The third-order valence-corrected chi connectivity index (χ3v) is 5.74. The molecule has 33 heavy (non-hydrogen) atoms. The highest BCUT2D eigenvalue weighted by Gasteiger charge is 2.31. The fourth-order valence-electron chi connectivity index (χ4n) is 3.98. The van der Waals surface area contributed by atoms with Crippen LogP contribution < -0.4 is 10.2 Å². The average molecular weight is 471 g/mol. The first-order valence-electron chi connectivity index (χ1n) is 11.2. The molecule has 2 fully saturated rings. The van der Waals surface area contributed by atoms with Crippen molar-refractivity contribution in [2.24, 2.45) is 0 Å². The Balaban J connectivity index is 1.39. The quantitative estimate of drug-likeness (QED) is 0.699.